The van der Waals surface area contributed by atoms with Gasteiger partial charge in [0.05, 0.1) is 18.8 Å². The van der Waals surface area contributed by atoms with Gasteiger partial charge < -0.3 is 32.1 Å². The maximum atomic E-state index is 10.3. The number of aliphatic carboxylic acids is 3. The number of rotatable bonds is 5. The minimum atomic E-state index is -1.05. The minimum Gasteiger partial charge on any atom is -0.480 e. The number of carboxylic acids is 3. The van der Waals surface area contributed by atoms with Crippen molar-refractivity contribution in [3.8, 4) is 0 Å². The molecule has 11 heteroatoms. The third-order valence-electron chi connectivity index (χ3n) is 0.930. The summed E-state index contributed by atoms with van der Waals surface area (Å²) < 4.78 is 0. The summed E-state index contributed by atoms with van der Waals surface area (Å²) in [6.07, 6.45) is 0. The molecule has 0 spiro atoms. The molecule has 0 bridgehead atoms. The molecule has 19 heavy (non-hydrogen) atoms. The standard InChI is InChI=1S/C4H7NO3S.2C2H5NO2/c6-3(2-9)5-1-4(7)8;2*3-1-2(4)5/h9H,1-2H2,(H,5,6)(H,7,8);2*1,3H2,(H,4,5). The van der Waals surface area contributed by atoms with Crippen molar-refractivity contribution in [1.29, 1.82) is 0 Å². The van der Waals surface area contributed by atoms with E-state index in [1.54, 1.807) is 0 Å². The quantitative estimate of drug-likeness (QED) is 0.262. The van der Waals surface area contributed by atoms with Crippen molar-refractivity contribution in [2.75, 3.05) is 25.4 Å². The second kappa shape index (κ2) is 16.1. The smallest absolute Gasteiger partial charge is 0.322 e. The molecule has 0 heterocycles. The van der Waals surface area contributed by atoms with Crippen molar-refractivity contribution in [3.05, 3.63) is 0 Å². The van der Waals surface area contributed by atoms with E-state index < -0.39 is 17.9 Å². The maximum Gasteiger partial charge on any atom is 0.322 e. The van der Waals surface area contributed by atoms with Gasteiger partial charge >= 0.3 is 17.9 Å². The molecule has 0 saturated carbocycles. The molecule has 0 atom stereocenters. The predicted octanol–water partition coefficient (Wildman–Crippen LogP) is -2.82. The fraction of sp³-hybridized carbons (Fsp3) is 0.500. The number of nitrogens with one attached hydrogen (secondary N) is 1. The average Bonchev–Trinajstić information content (AvgIpc) is 2.37. The zero-order valence-electron chi connectivity index (χ0n) is 9.90. The second-order valence-electron chi connectivity index (χ2n) is 2.52. The van der Waals surface area contributed by atoms with Gasteiger partial charge in [-0.15, -0.1) is 0 Å². The van der Waals surface area contributed by atoms with Crippen LogP contribution in [0.1, 0.15) is 0 Å². The first-order chi connectivity index (χ1) is 8.70. The average molecular weight is 299 g/mol. The predicted molar refractivity (Wildman–Crippen MR) is 67.9 cm³/mol. The number of amides is 1. The summed E-state index contributed by atoms with van der Waals surface area (Å²) in [6, 6.07) is 0. The number of thiol groups is 1. The van der Waals surface area contributed by atoms with E-state index in [9.17, 15) is 19.2 Å². The number of hydrogen-bond donors (Lipinski definition) is 7. The summed E-state index contributed by atoms with van der Waals surface area (Å²) in [7, 11) is 0. The molecule has 1 amide bonds. The zero-order valence-corrected chi connectivity index (χ0v) is 10.8. The second-order valence-corrected chi connectivity index (χ2v) is 2.84. The van der Waals surface area contributed by atoms with Crippen LogP contribution in [0, 0.1) is 0 Å². The molecule has 0 fully saturated rings. The Bertz CT molecular complexity index is 284. The monoisotopic (exact) mass is 299 g/mol. The van der Waals surface area contributed by atoms with Crippen LogP contribution >= 0.6 is 12.6 Å². The Kier molecular flexibility index (Phi) is 19.0. The Morgan fingerprint density at radius 3 is 1.37 bits per heavy atom. The first-order valence-corrected chi connectivity index (χ1v) is 5.27. The summed E-state index contributed by atoms with van der Waals surface area (Å²) in [5.74, 6) is -3.34. The van der Waals surface area contributed by atoms with Crippen LogP contribution < -0.4 is 16.8 Å². The number of nitrogens with two attached hydrogens (primary N) is 2. The Labute approximate surface area is 114 Å². The highest BCUT2D eigenvalue weighted by molar-refractivity contribution is 7.81. The lowest BCUT2D eigenvalue weighted by Crippen LogP contribution is -2.29. The number of hydrogen-bond acceptors (Lipinski definition) is 7. The molecule has 0 rings (SSSR count). The number of carboxylic acid groups (broad SMARTS) is 3. The lowest BCUT2D eigenvalue weighted by Gasteiger charge is -1.95. The first kappa shape index (κ1) is 22.3. The molecule has 0 aliphatic rings. The van der Waals surface area contributed by atoms with Gasteiger partial charge in [0.1, 0.15) is 6.54 Å². The third kappa shape index (κ3) is 38.6. The molecule has 112 valence electrons. The Balaban J connectivity index is -0.000000219. The summed E-state index contributed by atoms with van der Waals surface area (Å²) in [5.41, 5.74) is 9.14. The van der Waals surface area contributed by atoms with E-state index in [0.29, 0.717) is 0 Å². The van der Waals surface area contributed by atoms with Gasteiger partial charge in [-0.05, 0) is 0 Å². The lowest BCUT2D eigenvalue weighted by molar-refractivity contribution is -0.137. The maximum absolute atomic E-state index is 10.3. The third-order valence-corrected chi connectivity index (χ3v) is 1.22. The van der Waals surface area contributed by atoms with Crippen molar-refractivity contribution in [2.45, 2.75) is 0 Å². The molecule has 0 aliphatic heterocycles. The molecule has 10 nitrogen and oxygen atoms in total. The Hall–Kier alpha value is -1.85. The van der Waals surface area contributed by atoms with E-state index >= 15 is 0 Å². The highest BCUT2D eigenvalue weighted by Crippen LogP contribution is 1.71. The fourth-order valence-electron chi connectivity index (χ4n) is 0.230. The van der Waals surface area contributed by atoms with Gasteiger partial charge in [-0.2, -0.15) is 12.6 Å². The SMILES string of the molecule is NCC(=O)O.NCC(=O)O.O=C(O)CNC(=O)CS. The highest BCUT2D eigenvalue weighted by atomic mass is 32.1. The largest absolute Gasteiger partial charge is 0.480 e. The number of carbonyl (C=O) groups excluding carboxylic acids is 1. The van der Waals surface area contributed by atoms with Crippen LogP contribution in [0.15, 0.2) is 0 Å². The molecular formula is C8H17N3O7S. The summed E-state index contributed by atoms with van der Waals surface area (Å²) in [4.78, 5) is 38.5. The Morgan fingerprint density at radius 1 is 0.895 bits per heavy atom. The van der Waals surface area contributed by atoms with E-state index in [0.717, 1.165) is 0 Å². The van der Waals surface area contributed by atoms with Crippen molar-refractivity contribution >= 4 is 36.4 Å². The van der Waals surface area contributed by atoms with Gasteiger partial charge in [0.25, 0.3) is 0 Å². The van der Waals surface area contributed by atoms with Gasteiger partial charge in [-0.1, -0.05) is 0 Å². The summed E-state index contributed by atoms with van der Waals surface area (Å²) in [5, 5.41) is 25.3. The molecule has 0 aromatic carbocycles. The fourth-order valence-corrected chi connectivity index (χ4v) is 0.342. The van der Waals surface area contributed by atoms with Gasteiger partial charge in [-0.3, -0.25) is 19.2 Å². The number of carbonyl (C=O) groups is 4. The molecule has 0 radical (unpaired) electrons. The van der Waals surface area contributed by atoms with Crippen LogP contribution in [0.5, 0.6) is 0 Å². The van der Waals surface area contributed by atoms with Crippen molar-refractivity contribution in [1.82, 2.24) is 5.32 Å². The van der Waals surface area contributed by atoms with Crippen molar-refractivity contribution in [2.24, 2.45) is 11.5 Å². The molecule has 0 unspecified atom stereocenters. The van der Waals surface area contributed by atoms with E-state index in [-0.39, 0.29) is 31.3 Å². The summed E-state index contributed by atoms with van der Waals surface area (Å²) in [6.45, 7) is -0.889. The zero-order chi connectivity index (χ0) is 15.8. The molecule has 0 aromatic heterocycles. The van der Waals surface area contributed by atoms with Crippen LogP contribution in [0.3, 0.4) is 0 Å². The molecule has 0 aliphatic carbocycles. The van der Waals surface area contributed by atoms with E-state index in [2.05, 4.69) is 29.4 Å². The van der Waals surface area contributed by atoms with Crippen LogP contribution in [-0.4, -0.2) is 64.5 Å². The summed E-state index contributed by atoms with van der Waals surface area (Å²) >= 11 is 3.61. The van der Waals surface area contributed by atoms with Gasteiger partial charge in [-0.25, -0.2) is 0 Å². The molecule has 0 saturated heterocycles. The Morgan fingerprint density at radius 2 is 1.21 bits per heavy atom. The lowest BCUT2D eigenvalue weighted by atomic mass is 10.6. The van der Waals surface area contributed by atoms with Gasteiger partial charge in [0.2, 0.25) is 5.91 Å². The topological polar surface area (TPSA) is 193 Å². The highest BCUT2D eigenvalue weighted by Gasteiger charge is 1.98. The van der Waals surface area contributed by atoms with Crippen LogP contribution in [0.2, 0.25) is 0 Å². The molecule has 8 N–H and O–H groups in total. The minimum absolute atomic E-state index is 0.0211. The molecular weight excluding hydrogens is 282 g/mol. The van der Waals surface area contributed by atoms with E-state index in [1.807, 2.05) is 0 Å². The van der Waals surface area contributed by atoms with Crippen LogP contribution in [0.4, 0.5) is 0 Å². The van der Waals surface area contributed by atoms with E-state index in [4.69, 9.17) is 15.3 Å². The van der Waals surface area contributed by atoms with Crippen LogP contribution in [-0.2, 0) is 19.2 Å². The van der Waals surface area contributed by atoms with E-state index in [1.165, 1.54) is 0 Å². The normalized spacial score (nSPS) is 7.95. The van der Waals surface area contributed by atoms with Gasteiger partial charge in [0, 0.05) is 0 Å². The van der Waals surface area contributed by atoms with Crippen LogP contribution in [0.25, 0.3) is 0 Å². The van der Waals surface area contributed by atoms with Crippen molar-refractivity contribution < 1.29 is 34.5 Å². The molecule has 0 aromatic rings. The van der Waals surface area contributed by atoms with Crippen molar-refractivity contribution in [3.63, 3.8) is 0 Å². The first-order valence-electron chi connectivity index (χ1n) is 4.64. The van der Waals surface area contributed by atoms with Gasteiger partial charge in [0.15, 0.2) is 0 Å².